The monoisotopic (exact) mass is 337 g/mol. The Bertz CT molecular complexity index is 539. The van der Waals surface area contributed by atoms with Crippen molar-refractivity contribution in [1.29, 1.82) is 0 Å². The average Bonchev–Trinajstić information content (AvgIpc) is 2.13. The first kappa shape index (κ1) is 15.1. The maximum absolute atomic E-state index is 13.5. The van der Waals surface area contributed by atoms with Crippen LogP contribution in [0.3, 0.4) is 0 Å². The molecule has 7 heteroatoms. The predicted molar refractivity (Wildman–Crippen MR) is 70.7 cm³/mol. The molecule has 0 bridgehead atoms. The van der Waals surface area contributed by atoms with Gasteiger partial charge in [0.2, 0.25) is 0 Å². The maximum Gasteiger partial charge on any atom is 0.255 e. The first-order chi connectivity index (χ1) is 8.20. The number of carbonyl (C=O) groups excluding carboxylic acids is 1. The van der Waals surface area contributed by atoms with Crippen molar-refractivity contribution in [3.8, 4) is 0 Å². The molecule has 0 saturated heterocycles. The van der Waals surface area contributed by atoms with E-state index in [0.717, 1.165) is 6.26 Å². The summed E-state index contributed by atoms with van der Waals surface area (Å²) in [5.41, 5.74) is -0.127. The SMILES string of the molecule is C[C@@H](CS(C)(=O)=O)NC(=O)c1c(F)cccc1Br. The Hall–Kier alpha value is -0.950. The van der Waals surface area contributed by atoms with Crippen LogP contribution in [0.25, 0.3) is 0 Å². The summed E-state index contributed by atoms with van der Waals surface area (Å²) in [7, 11) is -3.19. The molecule has 1 rings (SSSR count). The normalized spacial score (nSPS) is 13.1. The van der Waals surface area contributed by atoms with Crippen molar-refractivity contribution < 1.29 is 17.6 Å². The van der Waals surface area contributed by atoms with Gasteiger partial charge in [-0.05, 0) is 35.0 Å². The van der Waals surface area contributed by atoms with Crippen LogP contribution in [0.2, 0.25) is 0 Å². The highest BCUT2D eigenvalue weighted by Crippen LogP contribution is 2.19. The summed E-state index contributed by atoms with van der Waals surface area (Å²) in [6, 6.07) is 3.59. The van der Waals surface area contributed by atoms with Crippen LogP contribution in [0.1, 0.15) is 17.3 Å². The standard InChI is InChI=1S/C11H13BrFNO3S/c1-7(6-18(2,16)17)14-11(15)10-8(12)4-3-5-9(10)13/h3-5,7H,6H2,1-2H3,(H,14,15)/t7-/m0/s1. The minimum absolute atomic E-state index is 0.127. The Morgan fingerprint density at radius 2 is 2.11 bits per heavy atom. The first-order valence-electron chi connectivity index (χ1n) is 5.13. The summed E-state index contributed by atoms with van der Waals surface area (Å²) in [4.78, 5) is 11.8. The molecule has 0 aliphatic carbocycles. The van der Waals surface area contributed by atoms with Gasteiger partial charge in [-0.25, -0.2) is 12.8 Å². The van der Waals surface area contributed by atoms with E-state index in [-0.39, 0.29) is 11.3 Å². The summed E-state index contributed by atoms with van der Waals surface area (Å²) >= 11 is 3.08. The molecule has 0 fully saturated rings. The van der Waals surface area contributed by atoms with Gasteiger partial charge >= 0.3 is 0 Å². The molecule has 1 aromatic rings. The van der Waals surface area contributed by atoms with Crippen LogP contribution in [0.5, 0.6) is 0 Å². The second kappa shape index (κ2) is 5.79. The summed E-state index contributed by atoms with van der Waals surface area (Å²) in [5, 5.41) is 2.45. The van der Waals surface area contributed by atoms with Gasteiger partial charge in [-0.3, -0.25) is 4.79 Å². The lowest BCUT2D eigenvalue weighted by Crippen LogP contribution is -2.37. The summed E-state index contributed by atoms with van der Waals surface area (Å²) in [6.45, 7) is 1.55. The Balaban J connectivity index is 2.83. The van der Waals surface area contributed by atoms with Crippen molar-refractivity contribution >= 4 is 31.7 Å². The zero-order valence-electron chi connectivity index (χ0n) is 9.91. The smallest absolute Gasteiger partial charge is 0.255 e. The van der Waals surface area contributed by atoms with Crippen molar-refractivity contribution in [2.45, 2.75) is 13.0 Å². The van der Waals surface area contributed by atoms with Crippen molar-refractivity contribution in [2.24, 2.45) is 0 Å². The molecule has 4 nitrogen and oxygen atoms in total. The van der Waals surface area contributed by atoms with E-state index in [2.05, 4.69) is 21.2 Å². The zero-order chi connectivity index (χ0) is 13.9. The molecule has 0 saturated carbocycles. The van der Waals surface area contributed by atoms with E-state index < -0.39 is 27.6 Å². The first-order valence-corrected chi connectivity index (χ1v) is 7.98. The van der Waals surface area contributed by atoms with Gasteiger partial charge in [-0.15, -0.1) is 0 Å². The molecule has 0 aliphatic rings. The molecule has 1 aromatic carbocycles. The number of halogens is 2. The van der Waals surface area contributed by atoms with Gasteiger partial charge in [0.05, 0.1) is 11.3 Å². The lowest BCUT2D eigenvalue weighted by atomic mass is 10.2. The largest absolute Gasteiger partial charge is 0.348 e. The van der Waals surface area contributed by atoms with E-state index in [1.807, 2.05) is 0 Å². The van der Waals surface area contributed by atoms with E-state index >= 15 is 0 Å². The topological polar surface area (TPSA) is 63.2 Å². The van der Waals surface area contributed by atoms with Crippen molar-refractivity contribution in [3.63, 3.8) is 0 Å². The van der Waals surface area contributed by atoms with Gasteiger partial charge in [0.25, 0.3) is 5.91 Å². The third-order valence-electron chi connectivity index (χ3n) is 2.12. The van der Waals surface area contributed by atoms with Gasteiger partial charge in [0.15, 0.2) is 0 Å². The number of hydrogen-bond acceptors (Lipinski definition) is 3. The quantitative estimate of drug-likeness (QED) is 0.910. The molecule has 1 N–H and O–H groups in total. The molecule has 1 amide bonds. The van der Waals surface area contributed by atoms with Crippen LogP contribution in [0.4, 0.5) is 4.39 Å². The number of rotatable bonds is 4. The molecular weight excluding hydrogens is 325 g/mol. The third-order valence-corrected chi connectivity index (χ3v) is 3.89. The molecule has 0 unspecified atom stereocenters. The molecular formula is C11H13BrFNO3S. The van der Waals surface area contributed by atoms with Crippen LogP contribution < -0.4 is 5.32 Å². The van der Waals surface area contributed by atoms with Crippen LogP contribution in [0.15, 0.2) is 22.7 Å². The zero-order valence-corrected chi connectivity index (χ0v) is 12.3. The van der Waals surface area contributed by atoms with Gasteiger partial charge in [0.1, 0.15) is 15.7 Å². The van der Waals surface area contributed by atoms with E-state index in [1.165, 1.54) is 12.1 Å². The Morgan fingerprint density at radius 3 is 2.61 bits per heavy atom. The molecule has 1 atom stereocenters. The van der Waals surface area contributed by atoms with Crippen LogP contribution in [-0.2, 0) is 9.84 Å². The number of nitrogens with one attached hydrogen (secondary N) is 1. The van der Waals surface area contributed by atoms with Gasteiger partial charge in [-0.1, -0.05) is 6.07 Å². The Morgan fingerprint density at radius 1 is 1.50 bits per heavy atom. The average molecular weight is 338 g/mol. The molecule has 0 spiro atoms. The van der Waals surface area contributed by atoms with Gasteiger partial charge < -0.3 is 5.32 Å². The fourth-order valence-corrected chi connectivity index (χ4v) is 3.02. The molecule has 100 valence electrons. The highest BCUT2D eigenvalue weighted by atomic mass is 79.9. The minimum Gasteiger partial charge on any atom is -0.348 e. The van der Waals surface area contributed by atoms with Crippen LogP contribution >= 0.6 is 15.9 Å². The Kier molecular flexibility index (Phi) is 4.86. The highest BCUT2D eigenvalue weighted by Gasteiger charge is 2.19. The lowest BCUT2D eigenvalue weighted by Gasteiger charge is -2.13. The summed E-state index contributed by atoms with van der Waals surface area (Å²) < 4.78 is 35.9. The summed E-state index contributed by atoms with van der Waals surface area (Å²) in [6.07, 6.45) is 1.08. The fourth-order valence-electron chi connectivity index (χ4n) is 1.51. The van der Waals surface area contributed by atoms with Crippen molar-refractivity contribution in [2.75, 3.05) is 12.0 Å². The molecule has 0 heterocycles. The molecule has 0 radical (unpaired) electrons. The number of sulfone groups is 1. The van der Waals surface area contributed by atoms with E-state index in [4.69, 9.17) is 0 Å². The van der Waals surface area contributed by atoms with Crippen LogP contribution in [0, 0.1) is 5.82 Å². The van der Waals surface area contributed by atoms with Gasteiger partial charge in [-0.2, -0.15) is 0 Å². The second-order valence-electron chi connectivity index (χ2n) is 4.06. The van der Waals surface area contributed by atoms with E-state index in [1.54, 1.807) is 13.0 Å². The molecule has 0 aliphatic heterocycles. The number of hydrogen-bond donors (Lipinski definition) is 1. The third kappa shape index (κ3) is 4.38. The van der Waals surface area contributed by atoms with E-state index in [9.17, 15) is 17.6 Å². The lowest BCUT2D eigenvalue weighted by molar-refractivity contribution is 0.0939. The minimum atomic E-state index is -3.19. The number of amides is 1. The van der Waals surface area contributed by atoms with E-state index in [0.29, 0.717) is 4.47 Å². The van der Waals surface area contributed by atoms with Crippen molar-refractivity contribution in [3.05, 3.63) is 34.1 Å². The Labute approximate surface area is 114 Å². The summed E-state index contributed by atoms with van der Waals surface area (Å²) in [5.74, 6) is -1.49. The fraction of sp³-hybridized carbons (Fsp3) is 0.364. The van der Waals surface area contributed by atoms with Crippen molar-refractivity contribution in [1.82, 2.24) is 5.32 Å². The predicted octanol–water partition coefficient (Wildman–Crippen LogP) is 1.75. The number of benzene rings is 1. The highest BCUT2D eigenvalue weighted by molar-refractivity contribution is 9.10. The number of carbonyl (C=O) groups is 1. The second-order valence-corrected chi connectivity index (χ2v) is 7.10. The molecule has 0 aromatic heterocycles. The maximum atomic E-state index is 13.5. The van der Waals surface area contributed by atoms with Crippen LogP contribution in [-0.4, -0.2) is 32.4 Å². The molecule has 18 heavy (non-hydrogen) atoms. The van der Waals surface area contributed by atoms with Gasteiger partial charge in [0, 0.05) is 16.8 Å².